The molecule has 0 aliphatic rings. The molecule has 2 aromatic rings. The van der Waals surface area contributed by atoms with E-state index in [9.17, 15) is 0 Å². The molecule has 0 aliphatic heterocycles. The van der Waals surface area contributed by atoms with Gasteiger partial charge in [0.05, 0.1) is 10.7 Å². The molecule has 15 heavy (non-hydrogen) atoms. The molecular formula is C12H11ClN2. The topological polar surface area (TPSA) is 25.8 Å². The zero-order valence-electron chi connectivity index (χ0n) is 8.66. The average Bonchev–Trinajstić information content (AvgIpc) is 2.23. The average molecular weight is 219 g/mol. The first-order valence-electron chi connectivity index (χ1n) is 4.71. The van der Waals surface area contributed by atoms with Crippen LogP contribution in [0.15, 0.2) is 30.7 Å². The summed E-state index contributed by atoms with van der Waals surface area (Å²) in [6.45, 7) is 4.16. The molecule has 76 valence electrons. The molecule has 1 heterocycles. The van der Waals surface area contributed by atoms with Crippen LogP contribution in [0.3, 0.4) is 0 Å². The molecule has 2 rings (SSSR count). The van der Waals surface area contributed by atoms with Crippen LogP contribution in [0.25, 0.3) is 11.3 Å². The third-order valence-electron chi connectivity index (χ3n) is 2.45. The van der Waals surface area contributed by atoms with E-state index in [2.05, 4.69) is 35.9 Å². The Morgan fingerprint density at radius 2 is 1.93 bits per heavy atom. The Balaban J connectivity index is 2.55. The summed E-state index contributed by atoms with van der Waals surface area (Å²) in [7, 11) is 0. The van der Waals surface area contributed by atoms with Crippen molar-refractivity contribution in [3.8, 4) is 11.3 Å². The van der Waals surface area contributed by atoms with Gasteiger partial charge in [-0.2, -0.15) is 0 Å². The van der Waals surface area contributed by atoms with Gasteiger partial charge in [-0.3, -0.25) is 0 Å². The molecule has 0 radical (unpaired) electrons. The number of benzene rings is 1. The highest BCUT2D eigenvalue weighted by atomic mass is 35.5. The van der Waals surface area contributed by atoms with E-state index in [0.717, 1.165) is 11.3 Å². The van der Waals surface area contributed by atoms with Crippen LogP contribution in [0.2, 0.25) is 5.02 Å². The lowest BCUT2D eigenvalue weighted by Crippen LogP contribution is -1.88. The molecule has 0 atom stereocenters. The van der Waals surface area contributed by atoms with Crippen LogP contribution in [-0.4, -0.2) is 9.97 Å². The van der Waals surface area contributed by atoms with Crippen molar-refractivity contribution in [2.75, 3.05) is 0 Å². The number of hydrogen-bond acceptors (Lipinski definition) is 2. The first-order chi connectivity index (χ1) is 7.18. The van der Waals surface area contributed by atoms with Crippen LogP contribution in [-0.2, 0) is 0 Å². The Kier molecular flexibility index (Phi) is 2.69. The summed E-state index contributed by atoms with van der Waals surface area (Å²) < 4.78 is 0. The van der Waals surface area contributed by atoms with Crippen molar-refractivity contribution < 1.29 is 0 Å². The first kappa shape index (κ1) is 10.1. The van der Waals surface area contributed by atoms with Gasteiger partial charge in [-0.1, -0.05) is 23.7 Å². The van der Waals surface area contributed by atoms with Gasteiger partial charge in [-0.25, -0.2) is 9.97 Å². The quantitative estimate of drug-likeness (QED) is 0.733. The Labute approximate surface area is 94.0 Å². The fraction of sp³-hybridized carbons (Fsp3) is 0.167. The Hall–Kier alpha value is -1.41. The maximum Gasteiger partial charge on any atom is 0.116 e. The molecule has 0 bridgehead atoms. The highest BCUT2D eigenvalue weighted by molar-refractivity contribution is 6.32. The summed E-state index contributed by atoms with van der Waals surface area (Å²) in [4.78, 5) is 8.04. The second-order valence-electron chi connectivity index (χ2n) is 3.52. The van der Waals surface area contributed by atoms with E-state index < -0.39 is 0 Å². The maximum atomic E-state index is 6.03. The van der Waals surface area contributed by atoms with Gasteiger partial charge in [-0.05, 0) is 31.0 Å². The number of rotatable bonds is 1. The molecule has 0 spiro atoms. The fourth-order valence-electron chi connectivity index (χ4n) is 1.41. The lowest BCUT2D eigenvalue weighted by atomic mass is 10.0. The highest BCUT2D eigenvalue weighted by Crippen LogP contribution is 2.25. The smallest absolute Gasteiger partial charge is 0.116 e. The number of aryl methyl sites for hydroxylation is 2. The molecule has 1 aromatic heterocycles. The van der Waals surface area contributed by atoms with Gasteiger partial charge in [-0.15, -0.1) is 0 Å². The molecule has 0 aliphatic carbocycles. The van der Waals surface area contributed by atoms with Crippen molar-refractivity contribution >= 4 is 11.6 Å². The van der Waals surface area contributed by atoms with E-state index >= 15 is 0 Å². The van der Waals surface area contributed by atoms with Gasteiger partial charge < -0.3 is 0 Å². The largest absolute Gasteiger partial charge is 0.243 e. The molecule has 0 saturated carbocycles. The van der Waals surface area contributed by atoms with Gasteiger partial charge in [0, 0.05) is 11.8 Å². The van der Waals surface area contributed by atoms with E-state index in [1.165, 1.54) is 17.5 Å². The number of hydrogen-bond donors (Lipinski definition) is 0. The molecule has 0 unspecified atom stereocenters. The Bertz CT molecular complexity index is 495. The van der Waals surface area contributed by atoms with E-state index in [1.54, 1.807) is 6.20 Å². The SMILES string of the molecule is Cc1ccc(-c2ncncc2Cl)cc1C. The molecule has 0 amide bonds. The van der Waals surface area contributed by atoms with Crippen molar-refractivity contribution in [2.24, 2.45) is 0 Å². The van der Waals surface area contributed by atoms with Gasteiger partial charge in [0.25, 0.3) is 0 Å². The van der Waals surface area contributed by atoms with Crippen LogP contribution in [0.1, 0.15) is 11.1 Å². The standard InChI is InChI=1S/C12H11ClN2/c1-8-3-4-10(5-9(8)2)12-11(13)6-14-7-15-12/h3-7H,1-2H3. The van der Waals surface area contributed by atoms with Crippen LogP contribution in [0.5, 0.6) is 0 Å². The molecule has 0 saturated heterocycles. The van der Waals surface area contributed by atoms with Crippen molar-refractivity contribution in [3.05, 3.63) is 46.9 Å². The molecule has 0 N–H and O–H groups in total. The summed E-state index contributed by atoms with van der Waals surface area (Å²) >= 11 is 6.03. The van der Waals surface area contributed by atoms with Crippen molar-refractivity contribution in [3.63, 3.8) is 0 Å². The molecule has 0 fully saturated rings. The highest BCUT2D eigenvalue weighted by Gasteiger charge is 2.05. The van der Waals surface area contributed by atoms with Gasteiger partial charge >= 0.3 is 0 Å². The number of nitrogens with zero attached hydrogens (tertiary/aromatic N) is 2. The minimum absolute atomic E-state index is 0.584. The predicted octanol–water partition coefficient (Wildman–Crippen LogP) is 3.41. The monoisotopic (exact) mass is 218 g/mol. The predicted molar refractivity (Wildman–Crippen MR) is 62.0 cm³/mol. The van der Waals surface area contributed by atoms with Crippen molar-refractivity contribution in [1.82, 2.24) is 9.97 Å². The van der Waals surface area contributed by atoms with Gasteiger partial charge in [0.15, 0.2) is 0 Å². The normalized spacial score (nSPS) is 10.3. The van der Waals surface area contributed by atoms with E-state index in [4.69, 9.17) is 11.6 Å². The van der Waals surface area contributed by atoms with Gasteiger partial charge in [0.2, 0.25) is 0 Å². The van der Waals surface area contributed by atoms with E-state index in [-0.39, 0.29) is 0 Å². The zero-order chi connectivity index (χ0) is 10.8. The fourth-order valence-corrected chi connectivity index (χ4v) is 1.63. The molecular weight excluding hydrogens is 208 g/mol. The van der Waals surface area contributed by atoms with Crippen LogP contribution in [0, 0.1) is 13.8 Å². The van der Waals surface area contributed by atoms with Crippen LogP contribution < -0.4 is 0 Å². The third kappa shape index (κ3) is 2.00. The van der Waals surface area contributed by atoms with Crippen LogP contribution in [0.4, 0.5) is 0 Å². The second-order valence-corrected chi connectivity index (χ2v) is 3.93. The molecule has 2 nitrogen and oxygen atoms in total. The summed E-state index contributed by atoms with van der Waals surface area (Å²) in [5.41, 5.74) is 4.33. The molecule has 3 heteroatoms. The second kappa shape index (κ2) is 3.99. The lowest BCUT2D eigenvalue weighted by molar-refractivity contribution is 1.17. The molecule has 1 aromatic carbocycles. The van der Waals surface area contributed by atoms with E-state index in [0.29, 0.717) is 5.02 Å². The lowest BCUT2D eigenvalue weighted by Gasteiger charge is -2.05. The van der Waals surface area contributed by atoms with Gasteiger partial charge in [0.1, 0.15) is 6.33 Å². The maximum absolute atomic E-state index is 6.03. The third-order valence-corrected chi connectivity index (χ3v) is 2.72. The Morgan fingerprint density at radius 3 is 2.60 bits per heavy atom. The Morgan fingerprint density at radius 1 is 1.13 bits per heavy atom. The number of halogens is 1. The first-order valence-corrected chi connectivity index (χ1v) is 5.09. The zero-order valence-corrected chi connectivity index (χ0v) is 9.42. The van der Waals surface area contributed by atoms with Crippen molar-refractivity contribution in [2.45, 2.75) is 13.8 Å². The van der Waals surface area contributed by atoms with E-state index in [1.807, 2.05) is 6.07 Å². The minimum Gasteiger partial charge on any atom is -0.243 e. The minimum atomic E-state index is 0.584. The van der Waals surface area contributed by atoms with Crippen LogP contribution >= 0.6 is 11.6 Å². The summed E-state index contributed by atoms with van der Waals surface area (Å²) in [6, 6.07) is 6.18. The summed E-state index contributed by atoms with van der Waals surface area (Å²) in [5, 5.41) is 0.584. The number of aromatic nitrogens is 2. The van der Waals surface area contributed by atoms with Crippen molar-refractivity contribution in [1.29, 1.82) is 0 Å². The summed E-state index contributed by atoms with van der Waals surface area (Å²) in [6.07, 6.45) is 3.12. The summed E-state index contributed by atoms with van der Waals surface area (Å²) in [5.74, 6) is 0.